The molecule has 0 radical (unpaired) electrons. The van der Waals surface area contributed by atoms with Gasteiger partial charge in [-0.25, -0.2) is 0 Å². The van der Waals surface area contributed by atoms with Crippen LogP contribution in [0.2, 0.25) is 0 Å². The number of unbranched alkanes of at least 4 members (excludes halogenated alkanes) is 1. The van der Waals surface area contributed by atoms with Gasteiger partial charge in [0, 0.05) is 11.2 Å². The topological polar surface area (TPSA) is 26.3 Å². The van der Waals surface area contributed by atoms with Crippen molar-refractivity contribution in [2.75, 3.05) is 7.11 Å². The summed E-state index contributed by atoms with van der Waals surface area (Å²) in [4.78, 5) is 11.4. The molecule has 0 saturated heterocycles. The highest BCUT2D eigenvalue weighted by Gasteiger charge is 2.07. The standard InChI is InChI=1S/C11H21BrO2/c1-9(2)8-10(12)6-4-5-7-11(13)14-3/h9-10H,4-8H2,1-3H3. The third-order valence-electron chi connectivity index (χ3n) is 2.10. The van der Waals surface area contributed by atoms with Crippen LogP contribution >= 0.6 is 15.9 Å². The number of ether oxygens (including phenoxy) is 1. The second-order valence-corrected chi connectivity index (χ2v) is 5.34. The Morgan fingerprint density at radius 3 is 2.50 bits per heavy atom. The Labute approximate surface area is 95.5 Å². The molecule has 0 N–H and O–H groups in total. The fourth-order valence-corrected chi connectivity index (χ4v) is 2.44. The SMILES string of the molecule is COC(=O)CCCCC(Br)CC(C)C. The van der Waals surface area contributed by atoms with E-state index >= 15 is 0 Å². The molecule has 0 heterocycles. The largest absolute Gasteiger partial charge is 0.469 e. The molecule has 14 heavy (non-hydrogen) atoms. The van der Waals surface area contributed by atoms with E-state index in [-0.39, 0.29) is 5.97 Å². The first kappa shape index (κ1) is 13.9. The van der Waals surface area contributed by atoms with E-state index < -0.39 is 0 Å². The molecule has 0 bridgehead atoms. The fraction of sp³-hybridized carbons (Fsp3) is 0.909. The van der Waals surface area contributed by atoms with Gasteiger partial charge in [-0.3, -0.25) is 4.79 Å². The van der Waals surface area contributed by atoms with Crippen molar-refractivity contribution in [1.29, 1.82) is 0 Å². The van der Waals surface area contributed by atoms with Crippen LogP contribution in [0.5, 0.6) is 0 Å². The van der Waals surface area contributed by atoms with Crippen LogP contribution in [-0.2, 0) is 9.53 Å². The number of carbonyl (C=O) groups is 1. The van der Waals surface area contributed by atoms with Crippen LogP contribution in [0.3, 0.4) is 0 Å². The summed E-state index contributed by atoms with van der Waals surface area (Å²) in [5.41, 5.74) is 0. The van der Waals surface area contributed by atoms with Gasteiger partial charge in [0.1, 0.15) is 0 Å². The smallest absolute Gasteiger partial charge is 0.305 e. The zero-order chi connectivity index (χ0) is 11.0. The molecule has 1 unspecified atom stereocenters. The number of hydrogen-bond donors (Lipinski definition) is 0. The van der Waals surface area contributed by atoms with Crippen molar-refractivity contribution in [3.05, 3.63) is 0 Å². The second kappa shape index (κ2) is 8.27. The molecule has 0 rings (SSSR count). The van der Waals surface area contributed by atoms with E-state index in [1.165, 1.54) is 13.5 Å². The highest BCUT2D eigenvalue weighted by Crippen LogP contribution is 2.18. The van der Waals surface area contributed by atoms with Gasteiger partial charge in [0.15, 0.2) is 0 Å². The molecule has 0 aromatic carbocycles. The van der Waals surface area contributed by atoms with Gasteiger partial charge >= 0.3 is 5.97 Å². The fourth-order valence-electron chi connectivity index (χ4n) is 1.37. The molecule has 2 nitrogen and oxygen atoms in total. The average Bonchev–Trinajstić information content (AvgIpc) is 2.10. The summed E-state index contributed by atoms with van der Waals surface area (Å²) in [6.07, 6.45) is 4.94. The van der Waals surface area contributed by atoms with E-state index in [0.717, 1.165) is 25.2 Å². The Kier molecular flexibility index (Phi) is 8.24. The Morgan fingerprint density at radius 2 is 2.00 bits per heavy atom. The van der Waals surface area contributed by atoms with Gasteiger partial charge in [-0.15, -0.1) is 0 Å². The van der Waals surface area contributed by atoms with Gasteiger partial charge in [-0.05, 0) is 25.2 Å². The first-order chi connectivity index (χ1) is 6.56. The van der Waals surface area contributed by atoms with Gasteiger partial charge in [-0.1, -0.05) is 36.2 Å². The third kappa shape index (κ3) is 8.54. The summed E-state index contributed by atoms with van der Waals surface area (Å²) in [5.74, 6) is 0.639. The van der Waals surface area contributed by atoms with Crippen molar-refractivity contribution < 1.29 is 9.53 Å². The summed E-state index contributed by atoms with van der Waals surface area (Å²) in [5, 5.41) is 0. The minimum absolute atomic E-state index is 0.0972. The normalized spacial score (nSPS) is 12.9. The van der Waals surface area contributed by atoms with Crippen LogP contribution < -0.4 is 0 Å². The molecule has 0 fully saturated rings. The highest BCUT2D eigenvalue weighted by molar-refractivity contribution is 9.09. The predicted octanol–water partition coefficient (Wildman–Crippen LogP) is 3.53. The molecule has 0 aromatic rings. The minimum Gasteiger partial charge on any atom is -0.469 e. The molecule has 84 valence electrons. The van der Waals surface area contributed by atoms with Crippen molar-refractivity contribution in [3.8, 4) is 0 Å². The number of rotatable bonds is 7. The van der Waals surface area contributed by atoms with Crippen molar-refractivity contribution in [1.82, 2.24) is 0 Å². The maximum Gasteiger partial charge on any atom is 0.305 e. The van der Waals surface area contributed by atoms with Crippen molar-refractivity contribution >= 4 is 21.9 Å². The molecule has 0 saturated carbocycles. The van der Waals surface area contributed by atoms with Crippen LogP contribution in [0.1, 0.15) is 46.0 Å². The molecule has 0 aliphatic carbocycles. The summed E-state index contributed by atoms with van der Waals surface area (Å²) in [7, 11) is 1.44. The average molecular weight is 265 g/mol. The molecular formula is C11H21BrO2. The third-order valence-corrected chi connectivity index (χ3v) is 2.93. The number of esters is 1. The van der Waals surface area contributed by atoms with Crippen LogP contribution in [0.25, 0.3) is 0 Å². The lowest BCUT2D eigenvalue weighted by Gasteiger charge is -2.11. The zero-order valence-corrected chi connectivity index (χ0v) is 11.0. The van der Waals surface area contributed by atoms with Gasteiger partial charge in [0.05, 0.1) is 7.11 Å². The van der Waals surface area contributed by atoms with Gasteiger partial charge < -0.3 is 4.74 Å². The molecular weight excluding hydrogens is 244 g/mol. The molecule has 3 heteroatoms. The maximum absolute atomic E-state index is 10.8. The number of halogens is 1. The van der Waals surface area contributed by atoms with E-state index in [9.17, 15) is 4.79 Å². The quantitative estimate of drug-likeness (QED) is 0.400. The number of alkyl halides is 1. The van der Waals surface area contributed by atoms with Gasteiger partial charge in [0.25, 0.3) is 0 Å². The molecule has 1 atom stereocenters. The molecule has 0 aromatic heterocycles. The van der Waals surface area contributed by atoms with E-state index in [2.05, 4.69) is 34.5 Å². The number of methoxy groups -OCH3 is 1. The van der Waals surface area contributed by atoms with E-state index in [4.69, 9.17) is 0 Å². The second-order valence-electron chi connectivity index (χ2n) is 4.05. The van der Waals surface area contributed by atoms with Crippen molar-refractivity contribution in [2.45, 2.75) is 50.8 Å². The van der Waals surface area contributed by atoms with E-state index in [0.29, 0.717) is 11.2 Å². The summed E-state index contributed by atoms with van der Waals surface area (Å²) >= 11 is 3.65. The van der Waals surface area contributed by atoms with Crippen LogP contribution in [0.15, 0.2) is 0 Å². The first-order valence-electron chi connectivity index (χ1n) is 5.27. The molecule has 0 aliphatic rings. The van der Waals surface area contributed by atoms with Crippen LogP contribution in [0.4, 0.5) is 0 Å². The summed E-state index contributed by atoms with van der Waals surface area (Å²) < 4.78 is 4.57. The zero-order valence-electron chi connectivity index (χ0n) is 9.38. The Hall–Kier alpha value is -0.0500. The van der Waals surface area contributed by atoms with Crippen LogP contribution in [0, 0.1) is 5.92 Å². The summed E-state index contributed by atoms with van der Waals surface area (Å²) in [6.45, 7) is 4.45. The van der Waals surface area contributed by atoms with E-state index in [1.807, 2.05) is 0 Å². The lowest BCUT2D eigenvalue weighted by atomic mass is 10.0. The van der Waals surface area contributed by atoms with Crippen LogP contribution in [-0.4, -0.2) is 17.9 Å². The lowest BCUT2D eigenvalue weighted by Crippen LogP contribution is -2.04. The Morgan fingerprint density at radius 1 is 1.36 bits per heavy atom. The molecule has 0 aliphatic heterocycles. The first-order valence-corrected chi connectivity index (χ1v) is 6.18. The molecule has 0 spiro atoms. The minimum atomic E-state index is -0.0972. The monoisotopic (exact) mass is 264 g/mol. The van der Waals surface area contributed by atoms with Gasteiger partial charge in [-0.2, -0.15) is 0 Å². The Bertz CT molecular complexity index is 157. The summed E-state index contributed by atoms with van der Waals surface area (Å²) in [6, 6.07) is 0. The predicted molar refractivity (Wildman–Crippen MR) is 62.7 cm³/mol. The van der Waals surface area contributed by atoms with Gasteiger partial charge in [0.2, 0.25) is 0 Å². The number of carbonyl (C=O) groups excluding carboxylic acids is 1. The maximum atomic E-state index is 10.8. The van der Waals surface area contributed by atoms with Crippen molar-refractivity contribution in [2.24, 2.45) is 5.92 Å². The van der Waals surface area contributed by atoms with E-state index in [1.54, 1.807) is 0 Å². The number of hydrogen-bond acceptors (Lipinski definition) is 2. The molecule has 0 amide bonds. The lowest BCUT2D eigenvalue weighted by molar-refractivity contribution is -0.140. The van der Waals surface area contributed by atoms with Crippen molar-refractivity contribution in [3.63, 3.8) is 0 Å². The highest BCUT2D eigenvalue weighted by atomic mass is 79.9. The Balaban J connectivity index is 3.31.